The summed E-state index contributed by atoms with van der Waals surface area (Å²) in [7, 11) is 0. The highest BCUT2D eigenvalue weighted by atomic mass is 16.6. The van der Waals surface area contributed by atoms with Gasteiger partial charge >= 0.3 is 0 Å². The second kappa shape index (κ2) is 9.70. The average Bonchev–Trinajstić information content (AvgIpc) is 2.46. The molecule has 4 heteroatoms. The Bertz CT molecular complexity index is 279. The topological polar surface area (TPSA) is 38.8 Å². The molecule has 0 N–H and O–H groups in total. The van der Waals surface area contributed by atoms with Crippen molar-refractivity contribution in [3.8, 4) is 0 Å². The van der Waals surface area contributed by atoms with E-state index in [4.69, 9.17) is 9.47 Å². The highest BCUT2D eigenvalue weighted by molar-refractivity contribution is 5.91. The lowest BCUT2D eigenvalue weighted by Gasteiger charge is -2.25. The normalized spacial score (nSPS) is 14.3. The van der Waals surface area contributed by atoms with E-state index in [2.05, 4.69) is 13.8 Å². The van der Waals surface area contributed by atoms with Crippen molar-refractivity contribution in [3.05, 3.63) is 12.0 Å². The third kappa shape index (κ3) is 5.99. The largest absolute Gasteiger partial charge is 0.494 e. The summed E-state index contributed by atoms with van der Waals surface area (Å²) in [5.74, 6) is 0.339. The highest BCUT2D eigenvalue weighted by Gasteiger charge is 2.21. The molecule has 0 atom stereocenters. The minimum absolute atomic E-state index is 0.0214. The van der Waals surface area contributed by atoms with E-state index in [1.54, 1.807) is 0 Å². The van der Waals surface area contributed by atoms with Gasteiger partial charge in [0.1, 0.15) is 19.5 Å². The number of rotatable bonds is 9. The van der Waals surface area contributed by atoms with Crippen molar-refractivity contribution in [1.82, 2.24) is 4.90 Å². The summed E-state index contributed by atoms with van der Waals surface area (Å²) in [6.45, 7) is 6.97. The summed E-state index contributed by atoms with van der Waals surface area (Å²) < 4.78 is 10.5. The predicted molar refractivity (Wildman–Crippen MR) is 75.6 cm³/mol. The van der Waals surface area contributed by atoms with Gasteiger partial charge in [0.05, 0.1) is 0 Å². The Kier molecular flexibility index (Phi) is 8.10. The van der Waals surface area contributed by atoms with E-state index in [9.17, 15) is 4.79 Å². The number of unbranched alkanes of at least 4 members (excludes halogenated alkanes) is 4. The van der Waals surface area contributed by atoms with Crippen LogP contribution in [0.2, 0.25) is 0 Å². The number of nitrogens with zero attached hydrogens (tertiary/aromatic N) is 1. The highest BCUT2D eigenvalue weighted by Crippen LogP contribution is 2.11. The van der Waals surface area contributed by atoms with Crippen molar-refractivity contribution in [3.63, 3.8) is 0 Å². The Morgan fingerprint density at radius 2 is 1.74 bits per heavy atom. The number of carbonyl (C=O) groups excluding carboxylic acids is 1. The van der Waals surface area contributed by atoms with Crippen LogP contribution in [0, 0.1) is 0 Å². The maximum Gasteiger partial charge on any atom is 0.292 e. The molecule has 0 aromatic rings. The first kappa shape index (κ1) is 15.9. The third-order valence-corrected chi connectivity index (χ3v) is 3.21. The summed E-state index contributed by atoms with van der Waals surface area (Å²) >= 11 is 0. The smallest absolute Gasteiger partial charge is 0.292 e. The molecule has 1 heterocycles. The van der Waals surface area contributed by atoms with Gasteiger partial charge in [-0.1, -0.05) is 39.5 Å². The minimum atomic E-state index is -0.0214. The molecule has 0 spiro atoms. The molecule has 0 unspecified atom stereocenters. The van der Waals surface area contributed by atoms with Gasteiger partial charge in [-0.15, -0.1) is 0 Å². The second-order valence-corrected chi connectivity index (χ2v) is 4.91. The molecule has 110 valence electrons. The van der Waals surface area contributed by atoms with E-state index >= 15 is 0 Å². The molecular formula is C15H27NO3. The standard InChI is InChI=1S/C15H27NO3/c1-3-5-7-9-16(10-8-6-4-2)15(17)14-13-18-11-12-19-14/h13H,3-12H2,1-2H3. The monoisotopic (exact) mass is 269 g/mol. The van der Waals surface area contributed by atoms with Gasteiger partial charge in [0.25, 0.3) is 5.91 Å². The Morgan fingerprint density at radius 3 is 2.21 bits per heavy atom. The molecular weight excluding hydrogens is 242 g/mol. The lowest BCUT2D eigenvalue weighted by molar-refractivity contribution is -0.132. The molecule has 0 radical (unpaired) electrons. The molecule has 19 heavy (non-hydrogen) atoms. The van der Waals surface area contributed by atoms with Crippen molar-refractivity contribution in [2.45, 2.75) is 52.4 Å². The van der Waals surface area contributed by atoms with Crippen LogP contribution >= 0.6 is 0 Å². The molecule has 0 fully saturated rings. The molecule has 0 aliphatic carbocycles. The van der Waals surface area contributed by atoms with Crippen molar-refractivity contribution < 1.29 is 14.3 Å². The van der Waals surface area contributed by atoms with E-state index in [-0.39, 0.29) is 5.91 Å². The lowest BCUT2D eigenvalue weighted by Crippen LogP contribution is -2.35. The Morgan fingerprint density at radius 1 is 1.11 bits per heavy atom. The summed E-state index contributed by atoms with van der Waals surface area (Å²) in [4.78, 5) is 14.2. The molecule has 1 amide bonds. The molecule has 4 nitrogen and oxygen atoms in total. The minimum Gasteiger partial charge on any atom is -0.494 e. The van der Waals surface area contributed by atoms with E-state index in [1.165, 1.54) is 19.1 Å². The first-order chi connectivity index (χ1) is 9.29. The van der Waals surface area contributed by atoms with E-state index in [0.717, 1.165) is 38.8 Å². The van der Waals surface area contributed by atoms with Crippen LogP contribution in [0.5, 0.6) is 0 Å². The molecule has 0 saturated carbocycles. The summed E-state index contributed by atoms with van der Waals surface area (Å²) in [6, 6.07) is 0. The van der Waals surface area contributed by atoms with Crippen LogP contribution in [0.25, 0.3) is 0 Å². The van der Waals surface area contributed by atoms with Gasteiger partial charge in [0.2, 0.25) is 5.76 Å². The molecule has 1 rings (SSSR count). The predicted octanol–water partition coefficient (Wildman–Crippen LogP) is 3.08. The van der Waals surface area contributed by atoms with Crippen LogP contribution in [0.3, 0.4) is 0 Å². The maximum absolute atomic E-state index is 12.3. The van der Waals surface area contributed by atoms with Crippen molar-refractivity contribution >= 4 is 5.91 Å². The molecule has 1 aliphatic rings. The Balaban J connectivity index is 2.49. The number of carbonyl (C=O) groups is 1. The fraction of sp³-hybridized carbons (Fsp3) is 0.800. The maximum atomic E-state index is 12.3. The molecule has 0 aromatic carbocycles. The first-order valence-corrected chi connectivity index (χ1v) is 7.53. The number of hydrogen-bond acceptors (Lipinski definition) is 3. The van der Waals surface area contributed by atoms with Crippen LogP contribution in [0.1, 0.15) is 52.4 Å². The van der Waals surface area contributed by atoms with Gasteiger partial charge in [-0.05, 0) is 12.8 Å². The fourth-order valence-electron chi connectivity index (χ4n) is 2.06. The van der Waals surface area contributed by atoms with Crippen LogP contribution in [0.15, 0.2) is 12.0 Å². The van der Waals surface area contributed by atoms with Crippen LogP contribution in [-0.4, -0.2) is 37.1 Å². The van der Waals surface area contributed by atoms with E-state index in [1.807, 2.05) is 4.90 Å². The van der Waals surface area contributed by atoms with Crippen LogP contribution in [0.4, 0.5) is 0 Å². The quantitative estimate of drug-likeness (QED) is 0.604. The summed E-state index contributed by atoms with van der Waals surface area (Å²) in [5.41, 5.74) is 0. The zero-order valence-electron chi connectivity index (χ0n) is 12.3. The second-order valence-electron chi connectivity index (χ2n) is 4.91. The number of hydrogen-bond donors (Lipinski definition) is 0. The zero-order valence-corrected chi connectivity index (χ0v) is 12.3. The van der Waals surface area contributed by atoms with Crippen molar-refractivity contribution in [2.24, 2.45) is 0 Å². The molecule has 1 aliphatic heterocycles. The van der Waals surface area contributed by atoms with Gasteiger partial charge in [-0.2, -0.15) is 0 Å². The van der Waals surface area contributed by atoms with Crippen molar-refractivity contribution in [2.75, 3.05) is 26.3 Å². The summed E-state index contributed by atoms with van der Waals surface area (Å²) in [6.07, 6.45) is 8.23. The SMILES string of the molecule is CCCCCN(CCCCC)C(=O)C1=COCCO1. The molecule has 0 bridgehead atoms. The van der Waals surface area contributed by atoms with E-state index < -0.39 is 0 Å². The molecule has 0 aromatic heterocycles. The number of ether oxygens (including phenoxy) is 2. The van der Waals surface area contributed by atoms with E-state index in [0.29, 0.717) is 19.0 Å². The number of amides is 1. The lowest BCUT2D eigenvalue weighted by atomic mass is 10.2. The van der Waals surface area contributed by atoms with Crippen LogP contribution in [-0.2, 0) is 14.3 Å². The summed E-state index contributed by atoms with van der Waals surface area (Å²) in [5, 5.41) is 0. The Labute approximate surface area is 116 Å². The van der Waals surface area contributed by atoms with Gasteiger partial charge in [-0.25, -0.2) is 0 Å². The first-order valence-electron chi connectivity index (χ1n) is 7.53. The van der Waals surface area contributed by atoms with Crippen molar-refractivity contribution in [1.29, 1.82) is 0 Å². The Hall–Kier alpha value is -1.19. The molecule has 0 saturated heterocycles. The van der Waals surface area contributed by atoms with Crippen LogP contribution < -0.4 is 0 Å². The third-order valence-electron chi connectivity index (χ3n) is 3.21. The zero-order chi connectivity index (χ0) is 13.9. The van der Waals surface area contributed by atoms with Gasteiger partial charge in [0.15, 0.2) is 0 Å². The fourth-order valence-corrected chi connectivity index (χ4v) is 2.06. The van der Waals surface area contributed by atoms with Gasteiger partial charge in [0, 0.05) is 13.1 Å². The van der Waals surface area contributed by atoms with Gasteiger partial charge < -0.3 is 14.4 Å². The van der Waals surface area contributed by atoms with Gasteiger partial charge in [-0.3, -0.25) is 4.79 Å². The average molecular weight is 269 g/mol.